The lowest BCUT2D eigenvalue weighted by molar-refractivity contribution is -0.0276. The SMILES string of the molecule is CCSc1ncc(CN2CC[C@@H](Oc3ccc(OC)c(OC)c3)[C@H](O)C2)cn1. The third kappa shape index (κ3) is 5.27. The van der Waals surface area contributed by atoms with Gasteiger partial charge in [0.2, 0.25) is 0 Å². The van der Waals surface area contributed by atoms with Crippen LogP contribution >= 0.6 is 11.8 Å². The Kier molecular flexibility index (Phi) is 7.36. The maximum Gasteiger partial charge on any atom is 0.187 e. The van der Waals surface area contributed by atoms with E-state index in [0.717, 1.165) is 36.0 Å². The molecule has 0 radical (unpaired) electrons. The number of thioether (sulfide) groups is 1. The summed E-state index contributed by atoms with van der Waals surface area (Å²) in [4.78, 5) is 10.9. The molecule has 1 aromatic heterocycles. The maximum atomic E-state index is 10.6. The van der Waals surface area contributed by atoms with Crippen LogP contribution in [0.2, 0.25) is 0 Å². The van der Waals surface area contributed by atoms with Crippen LogP contribution in [0.25, 0.3) is 0 Å². The average molecular weight is 406 g/mol. The Labute approximate surface area is 170 Å². The molecule has 2 atom stereocenters. The molecule has 2 heterocycles. The zero-order chi connectivity index (χ0) is 19.9. The van der Waals surface area contributed by atoms with Crippen molar-refractivity contribution in [2.45, 2.75) is 37.3 Å². The summed E-state index contributed by atoms with van der Waals surface area (Å²) in [5.74, 6) is 2.87. The number of rotatable bonds is 8. The molecule has 0 aliphatic carbocycles. The van der Waals surface area contributed by atoms with Crippen molar-refractivity contribution in [3.05, 3.63) is 36.2 Å². The van der Waals surface area contributed by atoms with Gasteiger partial charge in [-0.05, 0) is 24.3 Å². The highest BCUT2D eigenvalue weighted by Gasteiger charge is 2.29. The van der Waals surface area contributed by atoms with Crippen LogP contribution in [0.3, 0.4) is 0 Å². The number of ether oxygens (including phenoxy) is 3. The molecule has 0 saturated carbocycles. The molecular weight excluding hydrogens is 378 g/mol. The number of likely N-dealkylation sites (tertiary alicyclic amines) is 1. The van der Waals surface area contributed by atoms with Crippen LogP contribution < -0.4 is 14.2 Å². The van der Waals surface area contributed by atoms with E-state index in [1.807, 2.05) is 18.5 Å². The van der Waals surface area contributed by atoms with Crippen molar-refractivity contribution < 1.29 is 19.3 Å². The van der Waals surface area contributed by atoms with Crippen molar-refractivity contribution in [2.75, 3.05) is 33.1 Å². The van der Waals surface area contributed by atoms with Gasteiger partial charge in [0.05, 0.1) is 14.2 Å². The average Bonchev–Trinajstić information content (AvgIpc) is 2.71. The Morgan fingerprint density at radius 3 is 2.57 bits per heavy atom. The largest absolute Gasteiger partial charge is 0.493 e. The summed E-state index contributed by atoms with van der Waals surface area (Å²) in [5, 5.41) is 11.4. The second-order valence-electron chi connectivity index (χ2n) is 6.57. The van der Waals surface area contributed by atoms with Crippen molar-refractivity contribution in [2.24, 2.45) is 0 Å². The van der Waals surface area contributed by atoms with E-state index >= 15 is 0 Å². The van der Waals surface area contributed by atoms with Gasteiger partial charge in [-0.3, -0.25) is 4.90 Å². The zero-order valence-corrected chi connectivity index (χ0v) is 17.3. The first-order valence-electron chi connectivity index (χ1n) is 9.35. The summed E-state index contributed by atoms with van der Waals surface area (Å²) in [6.45, 7) is 4.18. The molecule has 1 aliphatic rings. The number of aliphatic hydroxyl groups excluding tert-OH is 1. The summed E-state index contributed by atoms with van der Waals surface area (Å²) in [5.41, 5.74) is 1.05. The van der Waals surface area contributed by atoms with Crippen LogP contribution in [0.4, 0.5) is 0 Å². The second kappa shape index (κ2) is 9.95. The lowest BCUT2D eigenvalue weighted by Gasteiger charge is -2.35. The van der Waals surface area contributed by atoms with Gasteiger partial charge >= 0.3 is 0 Å². The minimum absolute atomic E-state index is 0.256. The van der Waals surface area contributed by atoms with Gasteiger partial charge in [-0.25, -0.2) is 9.97 Å². The van der Waals surface area contributed by atoms with E-state index in [0.29, 0.717) is 23.8 Å². The predicted octanol–water partition coefficient (Wildman–Crippen LogP) is 2.62. The van der Waals surface area contributed by atoms with E-state index in [1.54, 1.807) is 38.1 Å². The van der Waals surface area contributed by atoms with Crippen molar-refractivity contribution in [1.29, 1.82) is 0 Å². The van der Waals surface area contributed by atoms with Gasteiger partial charge < -0.3 is 19.3 Å². The van der Waals surface area contributed by atoms with E-state index in [1.165, 1.54) is 0 Å². The Hall–Kier alpha value is -2.03. The quantitative estimate of drug-likeness (QED) is 0.531. The summed E-state index contributed by atoms with van der Waals surface area (Å²) >= 11 is 1.63. The number of β-amino-alcohol motifs (C(OH)–C–C–N with tert-alkyl or cyclic N) is 1. The molecular formula is C20H27N3O4S. The Morgan fingerprint density at radius 2 is 1.93 bits per heavy atom. The Bertz CT molecular complexity index is 760. The third-order valence-corrected chi connectivity index (χ3v) is 5.37. The summed E-state index contributed by atoms with van der Waals surface area (Å²) < 4.78 is 16.6. The standard InChI is InChI=1S/C20H27N3O4S/c1-4-28-20-21-10-14(11-22-20)12-23-8-7-17(16(24)13-23)27-15-5-6-18(25-2)19(9-15)26-3/h5-6,9-11,16-17,24H,4,7-8,12-13H2,1-3H3/t16-,17-/m1/s1. The van der Waals surface area contributed by atoms with Gasteiger partial charge in [-0.1, -0.05) is 18.7 Å². The minimum Gasteiger partial charge on any atom is -0.493 e. The first-order chi connectivity index (χ1) is 13.6. The normalized spacial score (nSPS) is 20.0. The monoisotopic (exact) mass is 405 g/mol. The molecule has 1 saturated heterocycles. The molecule has 0 amide bonds. The highest BCUT2D eigenvalue weighted by Crippen LogP contribution is 2.32. The van der Waals surface area contributed by atoms with E-state index < -0.39 is 6.10 Å². The van der Waals surface area contributed by atoms with E-state index in [4.69, 9.17) is 14.2 Å². The fraction of sp³-hybridized carbons (Fsp3) is 0.500. The van der Waals surface area contributed by atoms with Crippen LogP contribution in [-0.2, 0) is 6.54 Å². The van der Waals surface area contributed by atoms with Gasteiger partial charge in [-0.2, -0.15) is 0 Å². The number of hydrogen-bond acceptors (Lipinski definition) is 8. The number of hydrogen-bond donors (Lipinski definition) is 1. The Morgan fingerprint density at radius 1 is 1.18 bits per heavy atom. The fourth-order valence-electron chi connectivity index (χ4n) is 3.21. The molecule has 2 aromatic rings. The number of aromatic nitrogens is 2. The Balaban J connectivity index is 1.55. The topological polar surface area (TPSA) is 76.9 Å². The highest BCUT2D eigenvalue weighted by molar-refractivity contribution is 7.99. The molecule has 3 rings (SSSR count). The van der Waals surface area contributed by atoms with Gasteiger partial charge in [0, 0.05) is 43.7 Å². The molecule has 7 nitrogen and oxygen atoms in total. The summed E-state index contributed by atoms with van der Waals surface area (Å²) in [6.07, 6.45) is 3.64. The number of nitrogens with zero attached hydrogens (tertiary/aromatic N) is 3. The molecule has 28 heavy (non-hydrogen) atoms. The molecule has 0 unspecified atom stereocenters. The number of methoxy groups -OCH3 is 2. The van der Waals surface area contributed by atoms with Gasteiger partial charge in [0.1, 0.15) is 18.0 Å². The molecule has 0 bridgehead atoms. The van der Waals surface area contributed by atoms with Crippen molar-refractivity contribution in [1.82, 2.24) is 14.9 Å². The minimum atomic E-state index is -0.572. The summed E-state index contributed by atoms with van der Waals surface area (Å²) in [7, 11) is 3.19. The lowest BCUT2D eigenvalue weighted by Crippen LogP contribution is -2.48. The third-order valence-electron chi connectivity index (χ3n) is 4.61. The molecule has 1 aliphatic heterocycles. The van der Waals surface area contributed by atoms with Crippen molar-refractivity contribution >= 4 is 11.8 Å². The van der Waals surface area contributed by atoms with Crippen molar-refractivity contribution in [3.63, 3.8) is 0 Å². The van der Waals surface area contributed by atoms with Gasteiger partial charge in [0.15, 0.2) is 16.7 Å². The first-order valence-corrected chi connectivity index (χ1v) is 10.3. The van der Waals surface area contributed by atoms with Crippen LogP contribution in [0.15, 0.2) is 35.7 Å². The second-order valence-corrected chi connectivity index (χ2v) is 7.80. The maximum absolute atomic E-state index is 10.6. The van der Waals surface area contributed by atoms with Gasteiger partial charge in [0.25, 0.3) is 0 Å². The lowest BCUT2D eigenvalue weighted by atomic mass is 10.0. The number of benzene rings is 1. The van der Waals surface area contributed by atoms with Crippen LogP contribution in [-0.4, -0.2) is 65.2 Å². The summed E-state index contributed by atoms with van der Waals surface area (Å²) in [6, 6.07) is 5.41. The molecule has 1 aromatic carbocycles. The molecule has 8 heteroatoms. The first kappa shape index (κ1) is 20.7. The number of piperidine rings is 1. The van der Waals surface area contributed by atoms with Crippen LogP contribution in [0, 0.1) is 0 Å². The highest BCUT2D eigenvalue weighted by atomic mass is 32.2. The molecule has 0 spiro atoms. The smallest absolute Gasteiger partial charge is 0.187 e. The van der Waals surface area contributed by atoms with Crippen molar-refractivity contribution in [3.8, 4) is 17.2 Å². The van der Waals surface area contributed by atoms with Crippen LogP contribution in [0.1, 0.15) is 18.9 Å². The molecule has 1 fully saturated rings. The molecule has 152 valence electrons. The van der Waals surface area contributed by atoms with Crippen LogP contribution in [0.5, 0.6) is 17.2 Å². The zero-order valence-electron chi connectivity index (χ0n) is 16.5. The predicted molar refractivity (Wildman–Crippen MR) is 108 cm³/mol. The molecule has 1 N–H and O–H groups in total. The van der Waals surface area contributed by atoms with Gasteiger partial charge in [-0.15, -0.1) is 0 Å². The number of aliphatic hydroxyl groups is 1. The van der Waals surface area contributed by atoms with E-state index in [-0.39, 0.29) is 6.10 Å². The van der Waals surface area contributed by atoms with E-state index in [2.05, 4.69) is 21.8 Å². The van der Waals surface area contributed by atoms with E-state index in [9.17, 15) is 5.11 Å². The fourth-order valence-corrected chi connectivity index (χ4v) is 3.72.